The Labute approximate surface area is 150 Å². The molecule has 0 aromatic rings. The first kappa shape index (κ1) is 20.4. The molecule has 0 amide bonds. The fourth-order valence-electron chi connectivity index (χ4n) is 5.82. The molecule has 6 unspecified atom stereocenters. The van der Waals surface area contributed by atoms with Gasteiger partial charge in [0.05, 0.1) is 23.7 Å². The van der Waals surface area contributed by atoms with Crippen molar-refractivity contribution in [1.29, 1.82) is 0 Å². The van der Waals surface area contributed by atoms with Gasteiger partial charge in [-0.25, -0.2) is 0 Å². The number of hydrogen-bond donors (Lipinski definition) is 4. The molecule has 0 saturated heterocycles. The molecule has 2 aliphatic carbocycles. The van der Waals surface area contributed by atoms with E-state index in [0.717, 1.165) is 19.3 Å². The zero-order chi connectivity index (χ0) is 19.0. The van der Waals surface area contributed by atoms with E-state index in [-0.39, 0.29) is 23.9 Å². The van der Waals surface area contributed by atoms with Gasteiger partial charge in [0, 0.05) is 0 Å². The van der Waals surface area contributed by atoms with Gasteiger partial charge >= 0.3 is 5.97 Å². The topological polar surface area (TPSA) is 98.0 Å². The minimum Gasteiger partial charge on any atom is -0.481 e. The van der Waals surface area contributed by atoms with Crippen LogP contribution in [0, 0.1) is 22.7 Å². The molecule has 6 atom stereocenters. The Morgan fingerprint density at radius 3 is 2.44 bits per heavy atom. The molecule has 0 bridgehead atoms. The first-order chi connectivity index (χ1) is 11.5. The molecular weight excluding hydrogens is 320 g/mol. The van der Waals surface area contributed by atoms with E-state index in [9.17, 15) is 20.1 Å². The predicted molar refractivity (Wildman–Crippen MR) is 96.0 cm³/mol. The third kappa shape index (κ3) is 3.51. The minimum atomic E-state index is -0.937. The van der Waals surface area contributed by atoms with Gasteiger partial charge in [-0.2, -0.15) is 0 Å². The number of rotatable bonds is 6. The van der Waals surface area contributed by atoms with E-state index in [1.807, 2.05) is 13.8 Å². The van der Waals surface area contributed by atoms with Gasteiger partial charge in [0.2, 0.25) is 0 Å². The number of carbonyl (C=O) groups is 1. The fraction of sp³-hybridized carbons (Fsp3) is 0.850. The molecule has 2 aliphatic rings. The van der Waals surface area contributed by atoms with Crippen LogP contribution in [0.4, 0.5) is 0 Å². The quantitative estimate of drug-likeness (QED) is 0.550. The molecule has 0 spiro atoms. The maximum Gasteiger partial charge on any atom is 0.309 e. The lowest BCUT2D eigenvalue weighted by molar-refractivity contribution is -0.190. The lowest BCUT2D eigenvalue weighted by atomic mass is 9.44. The Bertz CT molecular complexity index is 528. The van der Waals surface area contributed by atoms with E-state index >= 15 is 0 Å². The summed E-state index contributed by atoms with van der Waals surface area (Å²) in [6.07, 6.45) is 4.00. The van der Waals surface area contributed by atoms with E-state index in [0.29, 0.717) is 31.3 Å². The van der Waals surface area contributed by atoms with Gasteiger partial charge in [-0.1, -0.05) is 19.9 Å². The van der Waals surface area contributed by atoms with Crippen LogP contribution in [-0.2, 0) is 4.79 Å². The van der Waals surface area contributed by atoms with Crippen LogP contribution in [0.1, 0.15) is 65.7 Å². The van der Waals surface area contributed by atoms with Crippen LogP contribution in [0.5, 0.6) is 0 Å². The lowest BCUT2D eigenvalue weighted by Crippen LogP contribution is -2.59. The third-order valence-electron chi connectivity index (χ3n) is 7.35. The van der Waals surface area contributed by atoms with Crippen molar-refractivity contribution in [3.05, 3.63) is 12.2 Å². The van der Waals surface area contributed by atoms with Crippen LogP contribution in [-0.4, -0.2) is 44.7 Å². The van der Waals surface area contributed by atoms with Crippen LogP contribution in [0.15, 0.2) is 12.2 Å². The summed E-state index contributed by atoms with van der Waals surface area (Å²) in [6.45, 7) is 9.37. The van der Waals surface area contributed by atoms with Gasteiger partial charge in [-0.3, -0.25) is 4.79 Å². The second kappa shape index (κ2) is 7.01. The van der Waals surface area contributed by atoms with Crippen molar-refractivity contribution in [2.45, 2.75) is 77.4 Å². The van der Waals surface area contributed by atoms with Crippen molar-refractivity contribution in [2.24, 2.45) is 22.7 Å². The summed E-state index contributed by atoms with van der Waals surface area (Å²) in [5.74, 6) is -0.753. The predicted octanol–water partition coefficient (Wildman–Crippen LogP) is 2.73. The summed E-state index contributed by atoms with van der Waals surface area (Å²) >= 11 is 0. The SMILES string of the molecule is C=C(CCC1C(C)(O)CCC2C(C)(C(=O)O)CCCC12C)C(O)CO. The lowest BCUT2D eigenvalue weighted by Gasteiger charge is -2.60. The molecule has 2 saturated carbocycles. The molecule has 0 aromatic heterocycles. The molecule has 0 aromatic carbocycles. The highest BCUT2D eigenvalue weighted by Crippen LogP contribution is 2.63. The number of fused-ring (bicyclic) bond motifs is 1. The summed E-state index contributed by atoms with van der Waals surface area (Å²) in [7, 11) is 0. The highest BCUT2D eigenvalue weighted by Gasteiger charge is 2.61. The van der Waals surface area contributed by atoms with Crippen molar-refractivity contribution >= 4 is 5.97 Å². The number of carboxylic acids is 1. The molecule has 5 nitrogen and oxygen atoms in total. The van der Waals surface area contributed by atoms with E-state index in [1.165, 1.54) is 0 Å². The molecule has 4 N–H and O–H groups in total. The number of hydrogen-bond acceptors (Lipinski definition) is 4. The molecule has 2 fully saturated rings. The minimum absolute atomic E-state index is 0.0347. The maximum absolute atomic E-state index is 12.0. The number of aliphatic hydroxyl groups is 3. The first-order valence-electron chi connectivity index (χ1n) is 9.41. The third-order valence-corrected chi connectivity index (χ3v) is 7.35. The van der Waals surface area contributed by atoms with Crippen LogP contribution in [0.25, 0.3) is 0 Å². The number of carboxylic acid groups (broad SMARTS) is 1. The molecular formula is C20H34O5. The van der Waals surface area contributed by atoms with Crippen molar-refractivity contribution in [1.82, 2.24) is 0 Å². The van der Waals surface area contributed by atoms with Crippen LogP contribution in [0.3, 0.4) is 0 Å². The van der Waals surface area contributed by atoms with E-state index in [4.69, 9.17) is 5.11 Å². The zero-order valence-electron chi connectivity index (χ0n) is 15.8. The first-order valence-corrected chi connectivity index (χ1v) is 9.41. The summed E-state index contributed by atoms with van der Waals surface area (Å²) in [5.41, 5.74) is -1.28. The Kier molecular flexibility index (Phi) is 5.72. The normalized spacial score (nSPS) is 42.5. The highest BCUT2D eigenvalue weighted by molar-refractivity contribution is 5.75. The average Bonchev–Trinajstić information content (AvgIpc) is 2.52. The summed E-state index contributed by atoms with van der Waals surface area (Å²) in [5, 5.41) is 39.8. The highest BCUT2D eigenvalue weighted by atomic mass is 16.4. The smallest absolute Gasteiger partial charge is 0.309 e. The zero-order valence-corrected chi connectivity index (χ0v) is 15.8. The van der Waals surface area contributed by atoms with E-state index < -0.39 is 23.1 Å². The van der Waals surface area contributed by atoms with Crippen molar-refractivity contribution in [2.75, 3.05) is 6.61 Å². The Balaban J connectivity index is 2.29. The Morgan fingerprint density at radius 1 is 1.24 bits per heavy atom. The standard InChI is InChI=1S/C20H34O5/c1-13(14(22)12-21)6-7-16-18(2)9-5-10-19(3,17(23)24)15(18)8-11-20(16,4)25/h14-16,21-22,25H,1,5-12H2,2-4H3,(H,23,24). The van der Waals surface area contributed by atoms with Gasteiger partial charge in [0.1, 0.15) is 0 Å². The molecule has 0 heterocycles. The van der Waals surface area contributed by atoms with Crippen LogP contribution in [0.2, 0.25) is 0 Å². The second-order valence-electron chi connectivity index (χ2n) is 8.98. The van der Waals surface area contributed by atoms with Gasteiger partial charge in [0.15, 0.2) is 0 Å². The van der Waals surface area contributed by atoms with E-state index in [1.54, 1.807) is 0 Å². The average molecular weight is 354 g/mol. The fourth-order valence-corrected chi connectivity index (χ4v) is 5.82. The Morgan fingerprint density at radius 2 is 1.88 bits per heavy atom. The summed E-state index contributed by atoms with van der Waals surface area (Å²) < 4.78 is 0. The molecule has 0 aliphatic heterocycles. The largest absolute Gasteiger partial charge is 0.481 e. The molecule has 0 radical (unpaired) electrons. The Hall–Kier alpha value is -0.910. The monoisotopic (exact) mass is 354 g/mol. The summed E-state index contributed by atoms with van der Waals surface area (Å²) in [6, 6.07) is 0. The molecule has 144 valence electrons. The van der Waals surface area contributed by atoms with Crippen LogP contribution < -0.4 is 0 Å². The van der Waals surface area contributed by atoms with Gasteiger partial charge in [-0.05, 0) is 75.2 Å². The van der Waals surface area contributed by atoms with Crippen molar-refractivity contribution < 1.29 is 25.2 Å². The molecule has 5 heteroatoms. The summed E-state index contributed by atoms with van der Waals surface area (Å²) in [4.78, 5) is 12.0. The van der Waals surface area contributed by atoms with Gasteiger partial charge < -0.3 is 20.4 Å². The van der Waals surface area contributed by atoms with Crippen LogP contribution >= 0.6 is 0 Å². The van der Waals surface area contributed by atoms with Crippen molar-refractivity contribution in [3.63, 3.8) is 0 Å². The maximum atomic E-state index is 12.0. The second-order valence-corrected chi connectivity index (χ2v) is 8.98. The number of aliphatic carboxylic acids is 1. The van der Waals surface area contributed by atoms with Gasteiger partial charge in [0.25, 0.3) is 0 Å². The number of aliphatic hydroxyl groups excluding tert-OH is 2. The molecule has 2 rings (SSSR count). The molecule has 25 heavy (non-hydrogen) atoms. The van der Waals surface area contributed by atoms with Crippen molar-refractivity contribution in [3.8, 4) is 0 Å². The van der Waals surface area contributed by atoms with Gasteiger partial charge in [-0.15, -0.1) is 0 Å². The van der Waals surface area contributed by atoms with E-state index in [2.05, 4.69) is 13.5 Å².